The van der Waals surface area contributed by atoms with E-state index in [1.54, 1.807) is 0 Å². The van der Waals surface area contributed by atoms with E-state index in [0.29, 0.717) is 19.0 Å². The van der Waals surface area contributed by atoms with Gasteiger partial charge in [-0.25, -0.2) is 4.99 Å². The predicted octanol–water partition coefficient (Wildman–Crippen LogP) is 1.10. The lowest BCUT2D eigenvalue weighted by molar-refractivity contribution is -0.120. The van der Waals surface area contributed by atoms with Crippen molar-refractivity contribution in [1.82, 2.24) is 20.9 Å². The van der Waals surface area contributed by atoms with E-state index in [9.17, 15) is 4.79 Å². The normalized spacial score (nSPS) is 15.4. The molecule has 1 aliphatic rings. The maximum Gasteiger partial charge on any atom is 0.239 e. The molecule has 1 fully saturated rings. The third-order valence-corrected chi connectivity index (χ3v) is 4.36. The van der Waals surface area contributed by atoms with Crippen molar-refractivity contribution in [1.29, 1.82) is 0 Å². The molecule has 1 aliphatic heterocycles. The Morgan fingerprint density at radius 1 is 1.11 bits per heavy atom. The average Bonchev–Trinajstić information content (AvgIpc) is 2.70. The molecule has 0 atom stereocenters. The lowest BCUT2D eigenvalue weighted by Gasteiger charge is -2.27. The minimum atomic E-state index is -0.0184. The van der Waals surface area contributed by atoms with Gasteiger partial charge in [0.25, 0.3) is 0 Å². The van der Waals surface area contributed by atoms with E-state index in [1.807, 2.05) is 19.9 Å². The fraction of sp³-hybridized carbons (Fsp3) is 0.600. The lowest BCUT2D eigenvalue weighted by Crippen LogP contribution is -2.43. The number of morpholine rings is 1. The summed E-state index contributed by atoms with van der Waals surface area (Å²) in [5, 5.41) is 9.16. The van der Waals surface area contributed by atoms with Gasteiger partial charge in [-0.2, -0.15) is 0 Å². The number of rotatable bonds is 9. The first-order chi connectivity index (χ1) is 13.2. The fourth-order valence-corrected chi connectivity index (χ4v) is 2.86. The Hall–Kier alpha value is -2.12. The van der Waals surface area contributed by atoms with Crippen molar-refractivity contribution in [2.45, 2.75) is 33.4 Å². The largest absolute Gasteiger partial charge is 0.379 e. The van der Waals surface area contributed by atoms with Crippen LogP contribution in [0.1, 0.15) is 31.4 Å². The van der Waals surface area contributed by atoms with Gasteiger partial charge in [0.1, 0.15) is 0 Å². The van der Waals surface area contributed by atoms with Gasteiger partial charge < -0.3 is 20.7 Å². The third-order valence-electron chi connectivity index (χ3n) is 4.36. The molecule has 1 heterocycles. The van der Waals surface area contributed by atoms with Gasteiger partial charge in [0.05, 0.1) is 26.3 Å². The van der Waals surface area contributed by atoms with Gasteiger partial charge in [0.2, 0.25) is 5.91 Å². The Morgan fingerprint density at radius 3 is 2.56 bits per heavy atom. The van der Waals surface area contributed by atoms with Crippen LogP contribution in [-0.4, -0.2) is 62.7 Å². The molecule has 150 valence electrons. The van der Waals surface area contributed by atoms with Gasteiger partial charge in [-0.3, -0.25) is 9.69 Å². The van der Waals surface area contributed by atoms with E-state index in [2.05, 4.69) is 44.0 Å². The van der Waals surface area contributed by atoms with Crippen LogP contribution in [0.15, 0.2) is 29.3 Å². The third kappa shape index (κ3) is 7.97. The number of aliphatic imine (C=N–C) groups is 1. The predicted molar refractivity (Wildman–Crippen MR) is 109 cm³/mol. The molecule has 2 rings (SSSR count). The smallest absolute Gasteiger partial charge is 0.239 e. The number of nitrogens with zero attached hydrogens (tertiary/aromatic N) is 2. The second-order valence-corrected chi connectivity index (χ2v) is 6.56. The summed E-state index contributed by atoms with van der Waals surface area (Å²) in [5.41, 5.74) is 2.50. The second kappa shape index (κ2) is 12.3. The molecule has 0 bridgehead atoms. The Morgan fingerprint density at radius 2 is 1.85 bits per heavy atom. The zero-order valence-corrected chi connectivity index (χ0v) is 16.6. The number of hydrogen-bond donors (Lipinski definition) is 3. The summed E-state index contributed by atoms with van der Waals surface area (Å²) in [4.78, 5) is 18.9. The highest BCUT2D eigenvalue weighted by Crippen LogP contribution is 2.14. The molecule has 3 N–H and O–H groups in total. The van der Waals surface area contributed by atoms with Crippen LogP contribution in [0, 0.1) is 0 Å². The van der Waals surface area contributed by atoms with Gasteiger partial charge in [-0.1, -0.05) is 31.2 Å². The number of carbonyl (C=O) groups excluding carboxylic acids is 1. The van der Waals surface area contributed by atoms with Crippen molar-refractivity contribution in [2.75, 3.05) is 45.9 Å². The molecule has 1 saturated heterocycles. The van der Waals surface area contributed by atoms with Crippen LogP contribution in [-0.2, 0) is 22.6 Å². The Bertz CT molecular complexity index is 600. The number of benzene rings is 1. The molecule has 0 aromatic heterocycles. The first-order valence-corrected chi connectivity index (χ1v) is 9.88. The molecule has 7 nitrogen and oxygen atoms in total. The molecule has 27 heavy (non-hydrogen) atoms. The number of nitrogens with one attached hydrogen (secondary N) is 3. The van der Waals surface area contributed by atoms with Crippen LogP contribution in [0.4, 0.5) is 0 Å². The van der Waals surface area contributed by atoms with E-state index in [-0.39, 0.29) is 12.5 Å². The Balaban J connectivity index is 1.94. The van der Waals surface area contributed by atoms with Gasteiger partial charge in [0.15, 0.2) is 5.96 Å². The van der Waals surface area contributed by atoms with E-state index in [0.717, 1.165) is 45.8 Å². The summed E-state index contributed by atoms with van der Waals surface area (Å²) < 4.78 is 5.43. The zero-order valence-electron chi connectivity index (χ0n) is 16.6. The summed E-state index contributed by atoms with van der Waals surface area (Å²) >= 11 is 0. The molecule has 0 aliphatic carbocycles. The van der Waals surface area contributed by atoms with Gasteiger partial charge >= 0.3 is 0 Å². The van der Waals surface area contributed by atoms with Gasteiger partial charge in [-0.15, -0.1) is 0 Å². The average molecular weight is 376 g/mol. The van der Waals surface area contributed by atoms with Crippen molar-refractivity contribution in [3.05, 3.63) is 35.4 Å². The number of guanidine groups is 1. The number of ether oxygens (including phenoxy) is 1. The number of carbonyl (C=O) groups is 1. The van der Waals surface area contributed by atoms with E-state index >= 15 is 0 Å². The van der Waals surface area contributed by atoms with E-state index < -0.39 is 0 Å². The second-order valence-electron chi connectivity index (χ2n) is 6.56. The highest BCUT2D eigenvalue weighted by atomic mass is 16.5. The maximum atomic E-state index is 11.8. The topological polar surface area (TPSA) is 78.0 Å². The fourth-order valence-electron chi connectivity index (χ4n) is 2.86. The van der Waals surface area contributed by atoms with Crippen LogP contribution in [0.5, 0.6) is 0 Å². The molecule has 0 unspecified atom stereocenters. The molecular weight excluding hydrogens is 342 g/mol. The summed E-state index contributed by atoms with van der Waals surface area (Å²) in [6.45, 7) is 10.7. The van der Waals surface area contributed by atoms with Crippen LogP contribution >= 0.6 is 0 Å². The quantitative estimate of drug-likeness (QED) is 0.445. The molecule has 7 heteroatoms. The summed E-state index contributed by atoms with van der Waals surface area (Å²) in [7, 11) is 0. The maximum absolute atomic E-state index is 11.8. The highest BCUT2D eigenvalue weighted by molar-refractivity contribution is 5.86. The standard InChI is InChI=1S/C20H33N5O2/c1-3-9-22-19(26)15-24-20(21-4-2)23-14-17-7-5-6-8-18(17)16-25-10-12-27-13-11-25/h5-8H,3-4,9-16H2,1-2H3,(H,22,26)(H2,21,23,24). The van der Waals surface area contributed by atoms with Gasteiger partial charge in [0, 0.05) is 32.7 Å². The van der Waals surface area contributed by atoms with E-state index in [1.165, 1.54) is 11.1 Å². The number of amides is 1. The van der Waals surface area contributed by atoms with Crippen molar-refractivity contribution in [2.24, 2.45) is 4.99 Å². The van der Waals surface area contributed by atoms with Crippen LogP contribution in [0.3, 0.4) is 0 Å². The molecule has 1 amide bonds. The Labute approximate surface area is 162 Å². The minimum Gasteiger partial charge on any atom is -0.379 e. The Kier molecular flexibility index (Phi) is 9.65. The van der Waals surface area contributed by atoms with Crippen molar-refractivity contribution < 1.29 is 9.53 Å². The van der Waals surface area contributed by atoms with Gasteiger partial charge in [-0.05, 0) is 24.5 Å². The molecule has 1 aromatic rings. The molecule has 1 aromatic carbocycles. The lowest BCUT2D eigenvalue weighted by atomic mass is 10.1. The SMILES string of the molecule is CCCNC(=O)CNC(=NCc1ccccc1CN1CCOCC1)NCC. The van der Waals surface area contributed by atoms with Crippen LogP contribution in [0.25, 0.3) is 0 Å². The molecule has 0 radical (unpaired) electrons. The highest BCUT2D eigenvalue weighted by Gasteiger charge is 2.12. The summed E-state index contributed by atoms with van der Waals surface area (Å²) in [6, 6.07) is 8.41. The first-order valence-electron chi connectivity index (χ1n) is 9.88. The van der Waals surface area contributed by atoms with Crippen LogP contribution < -0.4 is 16.0 Å². The molecule has 0 saturated carbocycles. The van der Waals surface area contributed by atoms with Crippen molar-refractivity contribution in [3.63, 3.8) is 0 Å². The van der Waals surface area contributed by atoms with Crippen molar-refractivity contribution >= 4 is 11.9 Å². The van der Waals surface area contributed by atoms with Crippen molar-refractivity contribution in [3.8, 4) is 0 Å². The first kappa shape index (κ1) is 21.2. The van der Waals surface area contributed by atoms with Crippen LogP contribution in [0.2, 0.25) is 0 Å². The minimum absolute atomic E-state index is 0.0184. The zero-order chi connectivity index (χ0) is 19.3. The van der Waals surface area contributed by atoms with E-state index in [4.69, 9.17) is 4.74 Å². The number of hydrogen-bond acceptors (Lipinski definition) is 4. The molecular formula is C20H33N5O2. The molecule has 0 spiro atoms. The summed E-state index contributed by atoms with van der Waals surface area (Å²) in [5.74, 6) is 0.639. The summed E-state index contributed by atoms with van der Waals surface area (Å²) in [6.07, 6.45) is 0.930. The monoisotopic (exact) mass is 375 g/mol.